The van der Waals surface area contributed by atoms with Crippen molar-refractivity contribution in [1.29, 1.82) is 0 Å². The number of rotatable bonds is 5. The van der Waals surface area contributed by atoms with Crippen molar-refractivity contribution >= 4 is 33.5 Å². The molecule has 3 aromatic rings. The second kappa shape index (κ2) is 8.06. The van der Waals surface area contributed by atoms with Gasteiger partial charge in [0, 0.05) is 26.2 Å². The number of esters is 1. The van der Waals surface area contributed by atoms with E-state index in [1.54, 1.807) is 19.9 Å². The van der Waals surface area contributed by atoms with E-state index in [1.165, 1.54) is 0 Å². The van der Waals surface area contributed by atoms with Gasteiger partial charge in [-0.1, -0.05) is 63.0 Å². The Hall–Kier alpha value is -2.11. The van der Waals surface area contributed by atoms with Gasteiger partial charge >= 0.3 is 5.97 Å². The number of carbonyl (C=O) groups is 1. The Morgan fingerprint density at radius 1 is 1.23 bits per heavy atom. The van der Waals surface area contributed by atoms with Gasteiger partial charge in [-0.15, -0.1) is 0 Å². The van der Waals surface area contributed by atoms with Crippen LogP contribution in [0.5, 0.6) is 0 Å². The number of ether oxygens (including phenoxy) is 1. The van der Waals surface area contributed by atoms with Crippen molar-refractivity contribution in [2.75, 3.05) is 0 Å². The molecular weight excluding hydrogens is 418 g/mol. The van der Waals surface area contributed by atoms with Gasteiger partial charge in [-0.3, -0.25) is 4.79 Å². The van der Waals surface area contributed by atoms with E-state index in [0.29, 0.717) is 16.5 Å². The number of nitrogens with zero attached hydrogens (tertiary/aromatic N) is 1. The molecule has 1 aromatic heterocycles. The van der Waals surface area contributed by atoms with Crippen molar-refractivity contribution < 1.29 is 14.1 Å². The SMILES string of the molecule is Cc1onc(-c2ccc(Br)cc2)c1CC(=O)O[C@H](C)c1ccccc1Cl. The molecule has 1 heterocycles. The maximum absolute atomic E-state index is 12.5. The third kappa shape index (κ3) is 4.17. The van der Waals surface area contributed by atoms with E-state index in [4.69, 9.17) is 20.9 Å². The highest BCUT2D eigenvalue weighted by molar-refractivity contribution is 9.10. The third-order valence-electron chi connectivity index (χ3n) is 4.07. The van der Waals surface area contributed by atoms with E-state index in [9.17, 15) is 4.79 Å². The first kappa shape index (κ1) is 18.7. The fourth-order valence-corrected chi connectivity index (χ4v) is 3.24. The molecule has 0 saturated carbocycles. The minimum atomic E-state index is -0.438. The highest BCUT2D eigenvalue weighted by Gasteiger charge is 2.21. The Balaban J connectivity index is 1.77. The molecule has 0 saturated heterocycles. The van der Waals surface area contributed by atoms with Crippen LogP contribution in [-0.4, -0.2) is 11.1 Å². The van der Waals surface area contributed by atoms with Crippen molar-refractivity contribution in [3.8, 4) is 11.3 Å². The van der Waals surface area contributed by atoms with Gasteiger partial charge in [0.1, 0.15) is 17.6 Å². The zero-order chi connectivity index (χ0) is 18.7. The van der Waals surface area contributed by atoms with E-state index in [2.05, 4.69) is 21.1 Å². The maximum Gasteiger partial charge on any atom is 0.311 e. The van der Waals surface area contributed by atoms with Crippen molar-refractivity contribution in [3.63, 3.8) is 0 Å². The van der Waals surface area contributed by atoms with Gasteiger partial charge in [-0.2, -0.15) is 0 Å². The molecule has 134 valence electrons. The first-order chi connectivity index (χ1) is 12.5. The van der Waals surface area contributed by atoms with Gasteiger partial charge in [-0.05, 0) is 32.0 Å². The molecule has 0 radical (unpaired) electrons. The molecule has 0 bridgehead atoms. The van der Waals surface area contributed by atoms with Crippen LogP contribution in [-0.2, 0) is 16.0 Å². The van der Waals surface area contributed by atoms with Crippen LogP contribution in [0.3, 0.4) is 0 Å². The van der Waals surface area contributed by atoms with Crippen LogP contribution in [0.4, 0.5) is 0 Å². The van der Waals surface area contributed by atoms with Crippen LogP contribution in [0.1, 0.15) is 29.9 Å². The van der Waals surface area contributed by atoms with Gasteiger partial charge in [0.2, 0.25) is 0 Å². The lowest BCUT2D eigenvalue weighted by molar-refractivity contribution is -0.147. The number of aromatic nitrogens is 1. The maximum atomic E-state index is 12.5. The van der Waals surface area contributed by atoms with E-state index >= 15 is 0 Å². The Kier molecular flexibility index (Phi) is 5.79. The molecule has 0 unspecified atom stereocenters. The molecule has 2 aromatic carbocycles. The topological polar surface area (TPSA) is 52.3 Å². The Morgan fingerprint density at radius 3 is 2.62 bits per heavy atom. The van der Waals surface area contributed by atoms with Crippen LogP contribution in [0.15, 0.2) is 57.5 Å². The summed E-state index contributed by atoms with van der Waals surface area (Å²) >= 11 is 9.58. The van der Waals surface area contributed by atoms with Crippen LogP contribution in [0, 0.1) is 6.92 Å². The summed E-state index contributed by atoms with van der Waals surface area (Å²) in [6.07, 6.45) is -0.359. The summed E-state index contributed by atoms with van der Waals surface area (Å²) in [5.74, 6) is 0.243. The standard InChI is InChI=1S/C20H17BrClNO3/c1-12(16-5-3-4-6-18(16)22)25-19(24)11-17-13(2)26-23-20(17)14-7-9-15(21)10-8-14/h3-10,12H,11H2,1-2H3/t12-/m1/s1. The summed E-state index contributed by atoms with van der Waals surface area (Å²) < 4.78 is 11.8. The second-order valence-electron chi connectivity index (χ2n) is 5.90. The molecule has 6 heteroatoms. The average molecular weight is 435 g/mol. The molecule has 3 rings (SSSR count). The van der Waals surface area contributed by atoms with Crippen LogP contribution >= 0.6 is 27.5 Å². The number of halogens is 2. The van der Waals surface area contributed by atoms with Crippen LogP contribution in [0.2, 0.25) is 5.02 Å². The molecule has 0 spiro atoms. The van der Waals surface area contributed by atoms with Crippen LogP contribution < -0.4 is 0 Å². The number of carbonyl (C=O) groups excluding carboxylic acids is 1. The summed E-state index contributed by atoms with van der Waals surface area (Å²) in [5.41, 5.74) is 3.03. The van der Waals surface area contributed by atoms with Crippen molar-refractivity contribution in [3.05, 3.63) is 74.9 Å². The third-order valence-corrected chi connectivity index (χ3v) is 4.95. The Morgan fingerprint density at radius 2 is 1.92 bits per heavy atom. The number of hydrogen-bond acceptors (Lipinski definition) is 4. The molecular formula is C20H17BrClNO3. The number of aryl methyl sites for hydroxylation is 1. The van der Waals surface area contributed by atoms with E-state index in [0.717, 1.165) is 21.2 Å². The molecule has 0 fully saturated rings. The monoisotopic (exact) mass is 433 g/mol. The van der Waals surface area contributed by atoms with Crippen molar-refractivity contribution in [2.45, 2.75) is 26.4 Å². The quantitative estimate of drug-likeness (QED) is 0.468. The van der Waals surface area contributed by atoms with Gasteiger partial charge in [0.05, 0.1) is 6.42 Å². The normalized spacial score (nSPS) is 12.0. The van der Waals surface area contributed by atoms with Crippen molar-refractivity contribution in [2.24, 2.45) is 0 Å². The smallest absolute Gasteiger partial charge is 0.311 e. The lowest BCUT2D eigenvalue weighted by Gasteiger charge is -2.15. The molecule has 0 amide bonds. The zero-order valence-electron chi connectivity index (χ0n) is 14.3. The molecule has 0 aliphatic rings. The lowest BCUT2D eigenvalue weighted by Crippen LogP contribution is -2.12. The molecule has 0 N–H and O–H groups in total. The first-order valence-corrected chi connectivity index (χ1v) is 9.28. The van der Waals surface area contributed by atoms with Gasteiger partial charge in [0.15, 0.2) is 0 Å². The molecule has 0 aliphatic heterocycles. The fourth-order valence-electron chi connectivity index (χ4n) is 2.69. The Bertz CT molecular complexity index is 921. The number of benzene rings is 2. The average Bonchev–Trinajstić information content (AvgIpc) is 2.96. The molecule has 0 aliphatic carbocycles. The lowest BCUT2D eigenvalue weighted by atomic mass is 10.0. The largest absolute Gasteiger partial charge is 0.457 e. The predicted molar refractivity (Wildman–Crippen MR) is 104 cm³/mol. The Labute approximate surface area is 165 Å². The summed E-state index contributed by atoms with van der Waals surface area (Å²) in [6.45, 7) is 3.59. The summed E-state index contributed by atoms with van der Waals surface area (Å²) in [6, 6.07) is 15.0. The zero-order valence-corrected chi connectivity index (χ0v) is 16.7. The first-order valence-electron chi connectivity index (χ1n) is 8.10. The minimum absolute atomic E-state index is 0.0789. The predicted octanol–water partition coefficient (Wildman–Crippen LogP) is 5.91. The highest BCUT2D eigenvalue weighted by atomic mass is 79.9. The summed E-state index contributed by atoms with van der Waals surface area (Å²) in [5, 5.41) is 4.67. The van der Waals surface area contributed by atoms with E-state index in [-0.39, 0.29) is 12.4 Å². The van der Waals surface area contributed by atoms with E-state index < -0.39 is 6.10 Å². The molecule has 4 nitrogen and oxygen atoms in total. The molecule has 1 atom stereocenters. The van der Waals surface area contributed by atoms with Gasteiger partial charge < -0.3 is 9.26 Å². The van der Waals surface area contributed by atoms with Crippen LogP contribution in [0.25, 0.3) is 11.3 Å². The summed E-state index contributed by atoms with van der Waals surface area (Å²) in [4.78, 5) is 12.5. The minimum Gasteiger partial charge on any atom is -0.457 e. The summed E-state index contributed by atoms with van der Waals surface area (Å²) in [7, 11) is 0. The van der Waals surface area contributed by atoms with Gasteiger partial charge in [0.25, 0.3) is 0 Å². The van der Waals surface area contributed by atoms with E-state index in [1.807, 2.05) is 42.5 Å². The van der Waals surface area contributed by atoms with Gasteiger partial charge in [-0.25, -0.2) is 0 Å². The second-order valence-corrected chi connectivity index (χ2v) is 7.23. The fraction of sp³-hybridized carbons (Fsp3) is 0.200. The highest BCUT2D eigenvalue weighted by Crippen LogP contribution is 2.29. The van der Waals surface area contributed by atoms with Crippen molar-refractivity contribution in [1.82, 2.24) is 5.16 Å². The number of hydrogen-bond donors (Lipinski definition) is 0. The molecule has 26 heavy (non-hydrogen) atoms.